The number of aryl methyl sites for hydroxylation is 1. The van der Waals surface area contributed by atoms with Crippen molar-refractivity contribution in [2.75, 3.05) is 4.90 Å². The van der Waals surface area contributed by atoms with E-state index in [-0.39, 0.29) is 5.91 Å². The normalized spacial score (nSPS) is 15.1. The lowest BCUT2D eigenvalue weighted by Gasteiger charge is -2.13. The first-order chi connectivity index (χ1) is 16.5. The van der Waals surface area contributed by atoms with E-state index in [0.717, 1.165) is 34.1 Å². The standard InChI is InChI=1S/C27H20Cl2N2OS2/c1-2-18-7-6-10-21-19(16-30(25(18)21)15-17-11-12-22(28)23(29)13-17)14-24-26(32)31(27(33)34-24)20-8-4-3-5-9-20/h3-14,16H,2,15H2,1H3/b24-14-. The van der Waals surface area contributed by atoms with Gasteiger partial charge >= 0.3 is 0 Å². The van der Waals surface area contributed by atoms with Gasteiger partial charge in [-0.3, -0.25) is 9.69 Å². The minimum Gasteiger partial charge on any atom is -0.342 e. The highest BCUT2D eigenvalue weighted by atomic mass is 35.5. The quantitative estimate of drug-likeness (QED) is 0.196. The lowest BCUT2D eigenvalue weighted by atomic mass is 10.1. The second kappa shape index (κ2) is 9.59. The van der Waals surface area contributed by atoms with E-state index < -0.39 is 0 Å². The van der Waals surface area contributed by atoms with Gasteiger partial charge in [0, 0.05) is 23.7 Å². The number of nitrogens with zero attached hydrogens (tertiary/aromatic N) is 2. The van der Waals surface area contributed by atoms with Gasteiger partial charge < -0.3 is 4.57 Å². The fourth-order valence-electron chi connectivity index (χ4n) is 4.23. The third-order valence-corrected chi connectivity index (χ3v) is 7.87. The fraction of sp³-hybridized carbons (Fsp3) is 0.111. The zero-order chi connectivity index (χ0) is 23.8. The number of thiocarbonyl (C=S) groups is 1. The zero-order valence-corrected chi connectivity index (χ0v) is 21.4. The average molecular weight is 524 g/mol. The molecule has 0 saturated carbocycles. The van der Waals surface area contributed by atoms with Crippen molar-refractivity contribution < 1.29 is 4.79 Å². The Labute approximate surface area is 218 Å². The Balaban J connectivity index is 1.58. The number of benzene rings is 3. The minimum absolute atomic E-state index is 0.0989. The van der Waals surface area contributed by atoms with Crippen molar-refractivity contribution in [2.24, 2.45) is 0 Å². The number of carbonyl (C=O) groups is 1. The molecule has 2 heterocycles. The van der Waals surface area contributed by atoms with E-state index in [2.05, 4.69) is 35.9 Å². The molecule has 34 heavy (non-hydrogen) atoms. The van der Waals surface area contributed by atoms with Crippen molar-refractivity contribution in [3.63, 3.8) is 0 Å². The molecule has 0 atom stereocenters. The van der Waals surface area contributed by atoms with Crippen molar-refractivity contribution in [3.05, 3.63) is 105 Å². The van der Waals surface area contributed by atoms with Crippen molar-refractivity contribution in [1.29, 1.82) is 0 Å². The van der Waals surface area contributed by atoms with Crippen LogP contribution in [0.15, 0.2) is 77.8 Å². The van der Waals surface area contributed by atoms with Gasteiger partial charge in [-0.15, -0.1) is 0 Å². The van der Waals surface area contributed by atoms with Crippen LogP contribution in [-0.4, -0.2) is 14.8 Å². The molecule has 5 rings (SSSR count). The van der Waals surface area contributed by atoms with E-state index in [0.29, 0.717) is 25.8 Å². The van der Waals surface area contributed by atoms with Crippen molar-refractivity contribution in [2.45, 2.75) is 19.9 Å². The highest BCUT2D eigenvalue weighted by molar-refractivity contribution is 8.27. The largest absolute Gasteiger partial charge is 0.342 e. The number of hydrogen-bond donors (Lipinski definition) is 0. The van der Waals surface area contributed by atoms with Crippen LogP contribution in [0, 0.1) is 0 Å². The number of carbonyl (C=O) groups excluding carboxylic acids is 1. The van der Waals surface area contributed by atoms with Gasteiger partial charge in [0.15, 0.2) is 4.32 Å². The highest BCUT2D eigenvalue weighted by Crippen LogP contribution is 2.37. The predicted octanol–water partition coefficient (Wildman–Crippen LogP) is 7.96. The monoisotopic (exact) mass is 522 g/mol. The predicted molar refractivity (Wildman–Crippen MR) is 149 cm³/mol. The molecule has 0 radical (unpaired) electrons. The molecule has 1 aromatic heterocycles. The van der Waals surface area contributed by atoms with E-state index in [9.17, 15) is 4.79 Å². The first kappa shape index (κ1) is 23.2. The molecular formula is C27H20Cl2N2OS2. The summed E-state index contributed by atoms with van der Waals surface area (Å²) in [5.41, 5.74) is 5.22. The Hall–Kier alpha value is -2.57. The first-order valence-corrected chi connectivity index (χ1v) is 12.8. The summed E-state index contributed by atoms with van der Waals surface area (Å²) in [6.07, 6.45) is 4.95. The molecule has 7 heteroatoms. The van der Waals surface area contributed by atoms with Crippen LogP contribution in [0.2, 0.25) is 10.0 Å². The zero-order valence-electron chi connectivity index (χ0n) is 18.3. The lowest BCUT2D eigenvalue weighted by molar-refractivity contribution is -0.113. The average Bonchev–Trinajstić information content (AvgIpc) is 3.33. The molecule has 4 aromatic rings. The summed E-state index contributed by atoms with van der Waals surface area (Å²) >= 11 is 19.2. The second-order valence-electron chi connectivity index (χ2n) is 7.98. The molecule has 1 aliphatic rings. The number of anilines is 1. The molecule has 3 aromatic carbocycles. The molecule has 0 aliphatic carbocycles. The summed E-state index contributed by atoms with van der Waals surface area (Å²) in [7, 11) is 0. The van der Waals surface area contributed by atoms with Crippen LogP contribution in [0.4, 0.5) is 5.69 Å². The fourth-order valence-corrected chi connectivity index (χ4v) is 5.84. The minimum atomic E-state index is -0.0989. The lowest BCUT2D eigenvalue weighted by Crippen LogP contribution is -2.27. The van der Waals surface area contributed by atoms with Crippen molar-refractivity contribution >= 4 is 80.1 Å². The second-order valence-corrected chi connectivity index (χ2v) is 10.5. The number of amides is 1. The highest BCUT2D eigenvalue weighted by Gasteiger charge is 2.33. The van der Waals surface area contributed by atoms with Gasteiger partial charge in [0.1, 0.15) is 0 Å². The maximum Gasteiger partial charge on any atom is 0.270 e. The number of aromatic nitrogens is 1. The summed E-state index contributed by atoms with van der Waals surface area (Å²) in [4.78, 5) is 15.5. The van der Waals surface area contributed by atoms with Gasteiger partial charge in [0.25, 0.3) is 5.91 Å². The summed E-state index contributed by atoms with van der Waals surface area (Å²) < 4.78 is 2.76. The molecule has 0 bridgehead atoms. The number of fused-ring (bicyclic) bond motifs is 1. The van der Waals surface area contributed by atoms with Crippen LogP contribution in [-0.2, 0) is 17.8 Å². The first-order valence-electron chi connectivity index (χ1n) is 10.8. The third-order valence-electron chi connectivity index (χ3n) is 5.83. The van der Waals surface area contributed by atoms with Crippen molar-refractivity contribution in [1.82, 2.24) is 4.57 Å². The van der Waals surface area contributed by atoms with Crippen LogP contribution in [0.3, 0.4) is 0 Å². The van der Waals surface area contributed by atoms with Crippen LogP contribution in [0.25, 0.3) is 17.0 Å². The summed E-state index contributed by atoms with van der Waals surface area (Å²) in [6, 6.07) is 21.5. The summed E-state index contributed by atoms with van der Waals surface area (Å²) in [6.45, 7) is 2.79. The summed E-state index contributed by atoms with van der Waals surface area (Å²) in [5, 5.41) is 2.18. The smallest absolute Gasteiger partial charge is 0.270 e. The van der Waals surface area contributed by atoms with Gasteiger partial charge in [-0.1, -0.05) is 96.6 Å². The molecule has 170 valence electrons. The molecule has 1 fully saturated rings. The molecule has 3 nitrogen and oxygen atoms in total. The number of para-hydroxylation sites is 2. The molecule has 0 spiro atoms. The Morgan fingerprint density at radius 1 is 1.00 bits per heavy atom. The Morgan fingerprint density at radius 2 is 1.79 bits per heavy atom. The topological polar surface area (TPSA) is 25.2 Å². The van der Waals surface area contributed by atoms with Gasteiger partial charge in [-0.2, -0.15) is 0 Å². The number of halogens is 2. The van der Waals surface area contributed by atoms with E-state index in [1.54, 1.807) is 4.90 Å². The maximum absolute atomic E-state index is 13.3. The van der Waals surface area contributed by atoms with E-state index in [1.807, 2.05) is 54.6 Å². The van der Waals surface area contributed by atoms with Crippen molar-refractivity contribution in [3.8, 4) is 0 Å². The number of rotatable bonds is 5. The molecule has 1 saturated heterocycles. The molecular weight excluding hydrogens is 503 g/mol. The number of hydrogen-bond acceptors (Lipinski definition) is 3. The molecule has 0 N–H and O–H groups in total. The van der Waals surface area contributed by atoms with Gasteiger partial charge in [-0.25, -0.2) is 0 Å². The summed E-state index contributed by atoms with van der Waals surface area (Å²) in [5.74, 6) is -0.0989. The van der Waals surface area contributed by atoms with Gasteiger partial charge in [-0.05, 0) is 47.9 Å². The third kappa shape index (κ3) is 4.29. The molecule has 0 unspecified atom stereocenters. The van der Waals surface area contributed by atoms with Crippen LogP contribution in [0.1, 0.15) is 23.6 Å². The SMILES string of the molecule is CCc1cccc2c(/C=C3\SC(=S)N(c4ccccc4)C3=O)cn(Cc3ccc(Cl)c(Cl)c3)c12. The van der Waals surface area contributed by atoms with E-state index in [1.165, 1.54) is 17.3 Å². The van der Waals surface area contributed by atoms with E-state index in [4.69, 9.17) is 35.4 Å². The number of thioether (sulfide) groups is 1. The maximum atomic E-state index is 13.3. The van der Waals surface area contributed by atoms with Crippen LogP contribution < -0.4 is 4.90 Å². The van der Waals surface area contributed by atoms with Crippen LogP contribution in [0.5, 0.6) is 0 Å². The molecule has 1 aliphatic heterocycles. The van der Waals surface area contributed by atoms with Gasteiger partial charge in [0.2, 0.25) is 0 Å². The van der Waals surface area contributed by atoms with Gasteiger partial charge in [0.05, 0.1) is 26.2 Å². The Kier molecular flexibility index (Phi) is 6.54. The van der Waals surface area contributed by atoms with Crippen LogP contribution >= 0.6 is 47.2 Å². The molecule has 1 amide bonds. The Morgan fingerprint density at radius 3 is 2.53 bits per heavy atom. The van der Waals surface area contributed by atoms with E-state index >= 15 is 0 Å². The Bertz CT molecular complexity index is 1460.